The summed E-state index contributed by atoms with van der Waals surface area (Å²) in [7, 11) is 3.42. The molecule has 0 atom stereocenters. The first kappa shape index (κ1) is 13.9. The number of halogens is 1. The quantitative estimate of drug-likeness (QED) is 0.937. The molecule has 1 aromatic heterocycles. The normalized spacial score (nSPS) is 12.5. The minimum absolute atomic E-state index is 0.171. The summed E-state index contributed by atoms with van der Waals surface area (Å²) in [6.45, 7) is 0.577. The summed E-state index contributed by atoms with van der Waals surface area (Å²) >= 11 is 6.20. The van der Waals surface area contributed by atoms with E-state index in [0.29, 0.717) is 34.8 Å². The van der Waals surface area contributed by atoms with Crippen molar-refractivity contribution < 1.29 is 14.2 Å². The number of benzene rings is 1. The van der Waals surface area contributed by atoms with Gasteiger partial charge in [-0.05, 0) is 12.1 Å². The minimum atomic E-state index is 0.171. The van der Waals surface area contributed by atoms with Crippen LogP contribution in [-0.2, 0) is 11.3 Å². The van der Waals surface area contributed by atoms with E-state index in [9.17, 15) is 0 Å². The van der Waals surface area contributed by atoms with Crippen LogP contribution in [0.2, 0.25) is 5.02 Å². The van der Waals surface area contributed by atoms with E-state index in [1.54, 1.807) is 20.2 Å². The van der Waals surface area contributed by atoms with Crippen LogP contribution in [-0.4, -0.2) is 30.9 Å². The van der Waals surface area contributed by atoms with E-state index < -0.39 is 0 Å². The van der Waals surface area contributed by atoms with Gasteiger partial charge in [0, 0.05) is 25.8 Å². The summed E-state index contributed by atoms with van der Waals surface area (Å²) in [6, 6.07) is 5.42. The highest BCUT2D eigenvalue weighted by Crippen LogP contribution is 2.41. The minimum Gasteiger partial charge on any atom is -0.454 e. The zero-order valence-corrected chi connectivity index (χ0v) is 12.4. The fourth-order valence-corrected chi connectivity index (χ4v) is 2.34. The zero-order valence-electron chi connectivity index (χ0n) is 11.6. The first-order valence-electron chi connectivity index (χ1n) is 6.35. The standard InChI is InChI=1S/C14H14ClN3O3/c1-16-12-5-9(6-19-2)17-14(18-12)8-3-10(15)13-11(4-8)20-7-21-13/h3-5H,6-7H2,1-2H3,(H,16,17,18). The Morgan fingerprint density at radius 3 is 2.90 bits per heavy atom. The van der Waals surface area contributed by atoms with Gasteiger partial charge < -0.3 is 19.5 Å². The van der Waals surface area contributed by atoms with Crippen LogP contribution in [0.3, 0.4) is 0 Å². The van der Waals surface area contributed by atoms with Crippen molar-refractivity contribution in [2.45, 2.75) is 6.61 Å². The molecule has 6 nitrogen and oxygen atoms in total. The van der Waals surface area contributed by atoms with Gasteiger partial charge in [-0.15, -0.1) is 0 Å². The molecular weight excluding hydrogens is 294 g/mol. The molecule has 1 N–H and O–H groups in total. The van der Waals surface area contributed by atoms with E-state index >= 15 is 0 Å². The smallest absolute Gasteiger partial charge is 0.231 e. The highest BCUT2D eigenvalue weighted by Gasteiger charge is 2.20. The Morgan fingerprint density at radius 2 is 2.14 bits per heavy atom. The Kier molecular flexibility index (Phi) is 3.81. The SMILES string of the molecule is CNc1cc(COC)nc(-c2cc(Cl)c3c(c2)OCO3)n1. The number of nitrogens with zero attached hydrogens (tertiary/aromatic N) is 2. The Bertz CT molecular complexity index is 679. The summed E-state index contributed by atoms with van der Waals surface area (Å²) in [6.07, 6.45) is 0. The fourth-order valence-electron chi connectivity index (χ4n) is 2.07. The molecule has 1 aromatic carbocycles. The van der Waals surface area contributed by atoms with Gasteiger partial charge >= 0.3 is 0 Å². The van der Waals surface area contributed by atoms with Crippen molar-refractivity contribution in [3.05, 3.63) is 28.9 Å². The van der Waals surface area contributed by atoms with Crippen molar-refractivity contribution in [2.24, 2.45) is 0 Å². The van der Waals surface area contributed by atoms with Gasteiger partial charge in [0.25, 0.3) is 0 Å². The Morgan fingerprint density at radius 1 is 1.29 bits per heavy atom. The van der Waals surface area contributed by atoms with Crippen LogP contribution in [0.15, 0.2) is 18.2 Å². The third-order valence-electron chi connectivity index (χ3n) is 3.01. The first-order chi connectivity index (χ1) is 10.2. The summed E-state index contributed by atoms with van der Waals surface area (Å²) in [4.78, 5) is 8.92. The zero-order chi connectivity index (χ0) is 14.8. The third-order valence-corrected chi connectivity index (χ3v) is 3.29. The molecule has 0 saturated heterocycles. The van der Waals surface area contributed by atoms with Crippen LogP contribution in [0.4, 0.5) is 5.82 Å². The molecule has 21 heavy (non-hydrogen) atoms. The lowest BCUT2D eigenvalue weighted by Gasteiger charge is -2.09. The summed E-state index contributed by atoms with van der Waals surface area (Å²) in [5.74, 6) is 2.42. The summed E-state index contributed by atoms with van der Waals surface area (Å²) < 4.78 is 15.8. The molecule has 1 aliphatic heterocycles. The highest BCUT2D eigenvalue weighted by molar-refractivity contribution is 6.32. The molecule has 0 unspecified atom stereocenters. The molecule has 0 fully saturated rings. The van der Waals surface area contributed by atoms with Crippen LogP contribution >= 0.6 is 11.6 Å². The number of aromatic nitrogens is 2. The predicted molar refractivity (Wildman–Crippen MR) is 78.9 cm³/mol. The largest absolute Gasteiger partial charge is 0.454 e. The molecule has 2 aromatic rings. The van der Waals surface area contributed by atoms with Crippen LogP contribution in [0.5, 0.6) is 11.5 Å². The molecule has 0 amide bonds. The predicted octanol–water partition coefficient (Wildman–Crippen LogP) is 2.71. The maximum atomic E-state index is 6.20. The topological polar surface area (TPSA) is 65.5 Å². The Hall–Kier alpha value is -2.05. The lowest BCUT2D eigenvalue weighted by molar-refractivity contribution is 0.174. The molecular formula is C14H14ClN3O3. The van der Waals surface area contributed by atoms with Gasteiger partial charge in [-0.3, -0.25) is 0 Å². The van der Waals surface area contributed by atoms with E-state index in [-0.39, 0.29) is 6.79 Å². The van der Waals surface area contributed by atoms with Crippen molar-refractivity contribution in [3.8, 4) is 22.9 Å². The molecule has 0 bridgehead atoms. The second kappa shape index (κ2) is 5.75. The fraction of sp³-hybridized carbons (Fsp3) is 0.286. The number of anilines is 1. The number of ether oxygens (including phenoxy) is 3. The number of hydrogen-bond acceptors (Lipinski definition) is 6. The van der Waals surface area contributed by atoms with Crippen LogP contribution in [0, 0.1) is 0 Å². The van der Waals surface area contributed by atoms with Crippen molar-refractivity contribution in [2.75, 3.05) is 26.3 Å². The highest BCUT2D eigenvalue weighted by atomic mass is 35.5. The number of rotatable bonds is 4. The lowest BCUT2D eigenvalue weighted by Crippen LogP contribution is -2.02. The Labute approximate surface area is 127 Å². The average molecular weight is 308 g/mol. The van der Waals surface area contributed by atoms with Crippen molar-refractivity contribution in [1.82, 2.24) is 9.97 Å². The van der Waals surface area contributed by atoms with Crippen LogP contribution < -0.4 is 14.8 Å². The van der Waals surface area contributed by atoms with E-state index in [1.807, 2.05) is 12.1 Å². The molecule has 110 valence electrons. The monoisotopic (exact) mass is 307 g/mol. The van der Waals surface area contributed by atoms with Gasteiger partial charge in [0.15, 0.2) is 17.3 Å². The maximum absolute atomic E-state index is 6.20. The summed E-state index contributed by atoms with van der Waals surface area (Å²) in [5, 5.41) is 3.49. The molecule has 0 radical (unpaired) electrons. The van der Waals surface area contributed by atoms with E-state index in [2.05, 4.69) is 15.3 Å². The van der Waals surface area contributed by atoms with E-state index in [1.165, 1.54) is 0 Å². The Balaban J connectivity index is 2.07. The molecule has 0 saturated carbocycles. The van der Waals surface area contributed by atoms with Gasteiger partial charge in [-0.1, -0.05) is 11.6 Å². The average Bonchev–Trinajstić information content (AvgIpc) is 2.96. The third kappa shape index (κ3) is 2.72. The lowest BCUT2D eigenvalue weighted by atomic mass is 10.2. The van der Waals surface area contributed by atoms with Gasteiger partial charge in [-0.25, -0.2) is 9.97 Å². The molecule has 2 heterocycles. The van der Waals surface area contributed by atoms with Crippen molar-refractivity contribution in [1.29, 1.82) is 0 Å². The number of hydrogen-bond donors (Lipinski definition) is 1. The molecule has 1 aliphatic rings. The number of fused-ring (bicyclic) bond motifs is 1. The molecule has 7 heteroatoms. The van der Waals surface area contributed by atoms with Gasteiger partial charge in [0.1, 0.15) is 5.82 Å². The van der Waals surface area contributed by atoms with E-state index in [4.69, 9.17) is 25.8 Å². The second-order valence-electron chi connectivity index (χ2n) is 4.44. The van der Waals surface area contributed by atoms with Crippen LogP contribution in [0.1, 0.15) is 5.69 Å². The first-order valence-corrected chi connectivity index (χ1v) is 6.73. The van der Waals surface area contributed by atoms with Gasteiger partial charge in [0.2, 0.25) is 6.79 Å². The van der Waals surface area contributed by atoms with Gasteiger partial charge in [-0.2, -0.15) is 0 Å². The number of nitrogens with one attached hydrogen (secondary N) is 1. The maximum Gasteiger partial charge on any atom is 0.231 e. The van der Waals surface area contributed by atoms with Crippen molar-refractivity contribution in [3.63, 3.8) is 0 Å². The summed E-state index contributed by atoms with van der Waals surface area (Å²) in [5.41, 5.74) is 1.54. The van der Waals surface area contributed by atoms with Crippen molar-refractivity contribution >= 4 is 17.4 Å². The van der Waals surface area contributed by atoms with E-state index in [0.717, 1.165) is 11.3 Å². The van der Waals surface area contributed by atoms with Gasteiger partial charge in [0.05, 0.1) is 17.3 Å². The second-order valence-corrected chi connectivity index (χ2v) is 4.85. The molecule has 0 aliphatic carbocycles. The van der Waals surface area contributed by atoms with Crippen LogP contribution in [0.25, 0.3) is 11.4 Å². The number of methoxy groups -OCH3 is 1. The molecule has 3 rings (SSSR count). The molecule has 0 spiro atoms.